The van der Waals surface area contributed by atoms with Gasteiger partial charge in [0.05, 0.1) is 5.60 Å². The zero-order valence-electron chi connectivity index (χ0n) is 6.54. The third-order valence-electron chi connectivity index (χ3n) is 1.63. The molecule has 0 aliphatic heterocycles. The van der Waals surface area contributed by atoms with Gasteiger partial charge in [0.2, 0.25) is 0 Å². The van der Waals surface area contributed by atoms with Crippen LogP contribution in [-0.2, 0) is 0 Å². The van der Waals surface area contributed by atoms with Crippen molar-refractivity contribution in [3.63, 3.8) is 0 Å². The summed E-state index contributed by atoms with van der Waals surface area (Å²) in [6.07, 6.45) is 9.06. The van der Waals surface area contributed by atoms with Crippen molar-refractivity contribution in [1.29, 1.82) is 0 Å². The molecule has 11 heavy (non-hydrogen) atoms. The molecule has 1 aliphatic rings. The van der Waals surface area contributed by atoms with Gasteiger partial charge in [0.25, 0.3) is 0 Å². The van der Waals surface area contributed by atoms with Crippen LogP contribution in [0.5, 0.6) is 0 Å². The van der Waals surface area contributed by atoms with E-state index in [4.69, 9.17) is 0 Å². The predicted molar refractivity (Wildman–Crippen MR) is 44.8 cm³/mol. The second kappa shape index (κ2) is 3.25. The zero-order valence-corrected chi connectivity index (χ0v) is 6.54. The number of hydrogen-bond acceptors (Lipinski definition) is 1. The van der Waals surface area contributed by atoms with Crippen molar-refractivity contribution in [3.8, 4) is 0 Å². The van der Waals surface area contributed by atoms with E-state index in [1.165, 1.54) is 0 Å². The molecule has 0 spiro atoms. The van der Waals surface area contributed by atoms with E-state index in [0.29, 0.717) is 0 Å². The summed E-state index contributed by atoms with van der Waals surface area (Å²) in [4.78, 5) is 0. The second-order valence-electron chi connectivity index (χ2n) is 2.67. The molecule has 0 aromatic rings. The highest BCUT2D eigenvalue weighted by Gasteiger charge is 2.32. The molecule has 5 radical (unpaired) electrons. The van der Waals surface area contributed by atoms with Crippen LogP contribution in [0.15, 0.2) is 18.4 Å². The van der Waals surface area contributed by atoms with Crippen molar-refractivity contribution in [2.45, 2.75) is 12.5 Å². The SMILES string of the molecule is C=C=CC(C)(O)[C]1[CH][CH][CH][CH]1. The summed E-state index contributed by atoms with van der Waals surface area (Å²) >= 11 is 0. The maximum atomic E-state index is 9.72. The second-order valence-corrected chi connectivity index (χ2v) is 2.67. The molecule has 0 heterocycles. The minimum absolute atomic E-state index is 0.869. The third kappa shape index (κ3) is 1.95. The van der Waals surface area contributed by atoms with Crippen LogP contribution in [0.1, 0.15) is 6.92 Å². The van der Waals surface area contributed by atoms with Crippen LogP contribution < -0.4 is 0 Å². The molecular formula is C10H11O. The number of hydrogen-bond donors (Lipinski definition) is 1. The van der Waals surface area contributed by atoms with Crippen molar-refractivity contribution >= 4 is 0 Å². The smallest absolute Gasteiger partial charge is 0.0941 e. The Morgan fingerprint density at radius 3 is 2.55 bits per heavy atom. The van der Waals surface area contributed by atoms with Gasteiger partial charge in [0, 0.05) is 5.92 Å². The first kappa shape index (κ1) is 8.58. The summed E-state index contributed by atoms with van der Waals surface area (Å²) in [6, 6.07) is 0. The van der Waals surface area contributed by atoms with Crippen LogP contribution in [0, 0.1) is 31.6 Å². The van der Waals surface area contributed by atoms with E-state index in [2.05, 4.69) is 12.3 Å². The van der Waals surface area contributed by atoms with Gasteiger partial charge in [0.1, 0.15) is 0 Å². The van der Waals surface area contributed by atoms with Crippen molar-refractivity contribution in [2.24, 2.45) is 0 Å². The summed E-state index contributed by atoms with van der Waals surface area (Å²) in [5.74, 6) is 0.869. The van der Waals surface area contributed by atoms with Crippen LogP contribution in [0.4, 0.5) is 0 Å². The maximum absolute atomic E-state index is 9.72. The first-order valence-electron chi connectivity index (χ1n) is 3.48. The van der Waals surface area contributed by atoms with Crippen molar-refractivity contribution in [1.82, 2.24) is 0 Å². The molecule has 1 aliphatic carbocycles. The summed E-state index contributed by atoms with van der Waals surface area (Å²) in [5, 5.41) is 9.72. The summed E-state index contributed by atoms with van der Waals surface area (Å²) in [7, 11) is 0. The summed E-state index contributed by atoms with van der Waals surface area (Å²) in [5.41, 5.74) is 1.65. The van der Waals surface area contributed by atoms with Crippen LogP contribution in [0.3, 0.4) is 0 Å². The van der Waals surface area contributed by atoms with Gasteiger partial charge in [-0.3, -0.25) is 0 Å². The average molecular weight is 147 g/mol. The molecule has 0 amide bonds. The fraction of sp³-hybridized carbons (Fsp3) is 0.200. The molecule has 1 atom stereocenters. The number of aliphatic hydroxyl groups is 1. The monoisotopic (exact) mass is 147 g/mol. The minimum Gasteiger partial charge on any atom is -0.385 e. The van der Waals surface area contributed by atoms with E-state index < -0.39 is 5.60 Å². The Bertz CT molecular complexity index is 169. The first-order valence-corrected chi connectivity index (χ1v) is 3.48. The zero-order chi connectivity index (χ0) is 8.32. The molecule has 1 nitrogen and oxygen atoms in total. The van der Waals surface area contributed by atoms with Gasteiger partial charge in [-0.1, -0.05) is 6.58 Å². The Kier molecular flexibility index (Phi) is 2.53. The average Bonchev–Trinajstić information content (AvgIpc) is 2.37. The van der Waals surface area contributed by atoms with Gasteiger partial charge >= 0.3 is 0 Å². The minimum atomic E-state index is -0.925. The fourth-order valence-corrected chi connectivity index (χ4v) is 0.994. The Morgan fingerprint density at radius 2 is 2.09 bits per heavy atom. The van der Waals surface area contributed by atoms with E-state index >= 15 is 0 Å². The van der Waals surface area contributed by atoms with Gasteiger partial charge in [-0.15, -0.1) is 5.73 Å². The van der Waals surface area contributed by atoms with Gasteiger partial charge in [-0.25, -0.2) is 0 Å². The Morgan fingerprint density at radius 1 is 1.55 bits per heavy atom. The first-order chi connectivity index (χ1) is 5.17. The lowest BCUT2D eigenvalue weighted by molar-refractivity contribution is 0.135. The molecule has 0 bridgehead atoms. The molecule has 1 rings (SSSR count). The highest BCUT2D eigenvalue weighted by atomic mass is 16.3. The van der Waals surface area contributed by atoms with Crippen LogP contribution >= 0.6 is 0 Å². The lowest BCUT2D eigenvalue weighted by Crippen LogP contribution is -2.28. The maximum Gasteiger partial charge on any atom is 0.0941 e. The molecule has 57 valence electrons. The molecule has 1 N–H and O–H groups in total. The van der Waals surface area contributed by atoms with Crippen LogP contribution in [-0.4, -0.2) is 10.7 Å². The molecule has 1 saturated carbocycles. The summed E-state index contributed by atoms with van der Waals surface area (Å²) in [6.45, 7) is 5.12. The molecule has 0 aromatic heterocycles. The normalized spacial score (nSPS) is 24.2. The topological polar surface area (TPSA) is 20.2 Å². The van der Waals surface area contributed by atoms with Crippen LogP contribution in [0.2, 0.25) is 0 Å². The Hall–Kier alpha value is -0.520. The van der Waals surface area contributed by atoms with Gasteiger partial charge in [0.15, 0.2) is 0 Å². The van der Waals surface area contributed by atoms with Crippen molar-refractivity contribution < 1.29 is 5.11 Å². The van der Waals surface area contributed by atoms with Crippen molar-refractivity contribution in [3.05, 3.63) is 50.0 Å². The fourth-order valence-electron chi connectivity index (χ4n) is 0.994. The highest BCUT2D eigenvalue weighted by molar-refractivity contribution is 5.42. The standard InChI is InChI=1S/C10H11O/c1-3-8-10(2,11)9-6-4-5-7-9/h4-8,11H,1H2,2H3. The lowest BCUT2D eigenvalue weighted by Gasteiger charge is -2.24. The summed E-state index contributed by atoms with van der Waals surface area (Å²) < 4.78 is 0. The molecule has 1 fully saturated rings. The largest absolute Gasteiger partial charge is 0.385 e. The van der Waals surface area contributed by atoms with Gasteiger partial charge in [-0.05, 0) is 38.7 Å². The van der Waals surface area contributed by atoms with E-state index in [-0.39, 0.29) is 0 Å². The number of rotatable bonds is 2. The lowest BCUT2D eigenvalue weighted by atomic mass is 9.88. The molecular weight excluding hydrogens is 136 g/mol. The van der Waals surface area contributed by atoms with Crippen molar-refractivity contribution in [2.75, 3.05) is 0 Å². The molecule has 0 saturated heterocycles. The van der Waals surface area contributed by atoms with E-state index in [0.717, 1.165) is 5.92 Å². The molecule has 0 aromatic carbocycles. The highest BCUT2D eigenvalue weighted by Crippen LogP contribution is 2.33. The van der Waals surface area contributed by atoms with E-state index in [9.17, 15) is 5.11 Å². The molecule has 1 heteroatoms. The Balaban J connectivity index is 2.62. The third-order valence-corrected chi connectivity index (χ3v) is 1.63. The molecule has 1 unspecified atom stereocenters. The van der Waals surface area contributed by atoms with Gasteiger partial charge < -0.3 is 5.11 Å². The van der Waals surface area contributed by atoms with Gasteiger partial charge in [-0.2, -0.15) is 0 Å². The van der Waals surface area contributed by atoms with E-state index in [1.54, 1.807) is 13.0 Å². The van der Waals surface area contributed by atoms with E-state index in [1.807, 2.05) is 25.7 Å². The van der Waals surface area contributed by atoms with Crippen LogP contribution in [0.25, 0.3) is 0 Å². The Labute approximate surface area is 68.4 Å². The predicted octanol–water partition coefficient (Wildman–Crippen LogP) is 1.48. The quantitative estimate of drug-likeness (QED) is 0.586.